The van der Waals surface area contributed by atoms with E-state index < -0.39 is 0 Å². The molecule has 0 aliphatic rings. The van der Waals surface area contributed by atoms with Crippen LogP contribution in [0.4, 0.5) is 0 Å². The van der Waals surface area contributed by atoms with Crippen molar-refractivity contribution in [2.24, 2.45) is 5.73 Å². The fourth-order valence-electron chi connectivity index (χ4n) is 1.44. The van der Waals surface area contributed by atoms with E-state index in [0.29, 0.717) is 6.54 Å². The molecule has 0 heterocycles. The van der Waals surface area contributed by atoms with Crippen LogP contribution in [0.1, 0.15) is 18.4 Å². The smallest absolute Gasteiger partial charge is 0.119 e. The Labute approximate surface area is 95.7 Å². The van der Waals surface area contributed by atoms with E-state index in [1.165, 1.54) is 0 Å². The Morgan fingerprint density at radius 2 is 2.33 bits per heavy atom. The lowest BCUT2D eigenvalue weighted by Crippen LogP contribution is -2.09. The Hall–Kier alpha value is -0.990. The number of hydrogen-bond acceptors (Lipinski definition) is 2. The van der Waals surface area contributed by atoms with Crippen molar-refractivity contribution in [3.05, 3.63) is 40.9 Å². The van der Waals surface area contributed by atoms with Crippen molar-refractivity contribution in [1.82, 2.24) is 0 Å². The Balaban J connectivity index is 2.95. The van der Waals surface area contributed by atoms with Gasteiger partial charge in [0.05, 0.1) is 7.11 Å². The van der Waals surface area contributed by atoms with Gasteiger partial charge in [0.25, 0.3) is 0 Å². The average molecular weight is 226 g/mol. The summed E-state index contributed by atoms with van der Waals surface area (Å²) in [6.07, 6.45) is 0. The summed E-state index contributed by atoms with van der Waals surface area (Å²) in [5, 5.41) is 0. The fourth-order valence-corrected chi connectivity index (χ4v) is 1.72. The number of nitrogens with two attached hydrogens (primary N) is 1. The molecule has 1 atom stereocenters. The second-order valence-corrected chi connectivity index (χ2v) is 3.60. The second kappa shape index (κ2) is 5.79. The molecule has 15 heavy (non-hydrogen) atoms. The summed E-state index contributed by atoms with van der Waals surface area (Å²) in [7, 11) is 1.66. The molecule has 0 spiro atoms. The minimum atomic E-state index is 0.225. The molecular weight excluding hydrogens is 210 g/mol. The maximum Gasteiger partial charge on any atom is 0.119 e. The monoisotopic (exact) mass is 225 g/mol. The van der Waals surface area contributed by atoms with Gasteiger partial charge in [-0.15, -0.1) is 0 Å². The number of benzene rings is 1. The lowest BCUT2D eigenvalue weighted by atomic mass is 9.94. The summed E-state index contributed by atoms with van der Waals surface area (Å²) in [4.78, 5) is 0. The van der Waals surface area contributed by atoms with Crippen LogP contribution in [0.2, 0.25) is 0 Å². The fraction of sp³-hybridized carbons (Fsp3) is 0.333. The van der Waals surface area contributed by atoms with Crippen molar-refractivity contribution in [1.29, 1.82) is 0 Å². The van der Waals surface area contributed by atoms with Gasteiger partial charge in [0.15, 0.2) is 0 Å². The summed E-state index contributed by atoms with van der Waals surface area (Å²) in [5.41, 5.74) is 9.35. The highest BCUT2D eigenvalue weighted by atomic mass is 35.5. The first-order valence-corrected chi connectivity index (χ1v) is 5.29. The Morgan fingerprint density at radius 3 is 2.87 bits per heavy atom. The van der Waals surface area contributed by atoms with Crippen LogP contribution in [0.15, 0.2) is 35.4 Å². The Kier molecular flexibility index (Phi) is 4.66. The molecule has 0 aliphatic heterocycles. The standard InChI is InChI=1S/C12H16ClNO/c1-9(11(7-13)8-14)10-4-3-5-12(6-10)15-2/h3-7,9H,8,14H2,1-2H3/b11-7+. The summed E-state index contributed by atoms with van der Waals surface area (Å²) in [6, 6.07) is 7.93. The van der Waals surface area contributed by atoms with Gasteiger partial charge in [0.2, 0.25) is 0 Å². The number of ether oxygens (including phenoxy) is 1. The zero-order valence-corrected chi connectivity index (χ0v) is 9.79. The van der Waals surface area contributed by atoms with E-state index in [0.717, 1.165) is 16.9 Å². The topological polar surface area (TPSA) is 35.2 Å². The maximum atomic E-state index is 5.71. The van der Waals surface area contributed by atoms with E-state index in [2.05, 4.69) is 6.92 Å². The molecule has 0 aliphatic carbocycles. The summed E-state index contributed by atoms with van der Waals surface area (Å²) < 4.78 is 5.17. The van der Waals surface area contributed by atoms with E-state index in [1.807, 2.05) is 24.3 Å². The number of methoxy groups -OCH3 is 1. The SMILES string of the molecule is COc1cccc(C(C)/C(=C/Cl)CN)c1. The molecule has 1 aromatic carbocycles. The molecule has 0 amide bonds. The summed E-state index contributed by atoms with van der Waals surface area (Å²) >= 11 is 5.71. The highest BCUT2D eigenvalue weighted by Gasteiger charge is 2.10. The van der Waals surface area contributed by atoms with Gasteiger partial charge >= 0.3 is 0 Å². The number of halogens is 1. The molecule has 3 heteroatoms. The van der Waals surface area contributed by atoms with Crippen LogP contribution in [0.5, 0.6) is 5.75 Å². The molecule has 0 saturated heterocycles. The molecule has 0 bridgehead atoms. The van der Waals surface area contributed by atoms with Gasteiger partial charge in [-0.2, -0.15) is 0 Å². The minimum Gasteiger partial charge on any atom is -0.497 e. The van der Waals surface area contributed by atoms with E-state index >= 15 is 0 Å². The van der Waals surface area contributed by atoms with Crippen LogP contribution >= 0.6 is 11.6 Å². The second-order valence-electron chi connectivity index (χ2n) is 3.39. The van der Waals surface area contributed by atoms with Crippen LogP contribution in [-0.4, -0.2) is 13.7 Å². The highest BCUT2D eigenvalue weighted by molar-refractivity contribution is 6.25. The van der Waals surface area contributed by atoms with Gasteiger partial charge in [0, 0.05) is 18.0 Å². The molecule has 0 saturated carbocycles. The van der Waals surface area contributed by atoms with Gasteiger partial charge in [0.1, 0.15) is 5.75 Å². The van der Waals surface area contributed by atoms with E-state index in [4.69, 9.17) is 22.1 Å². The highest BCUT2D eigenvalue weighted by Crippen LogP contribution is 2.26. The molecule has 0 aromatic heterocycles. The minimum absolute atomic E-state index is 0.225. The molecule has 1 aromatic rings. The van der Waals surface area contributed by atoms with Gasteiger partial charge in [-0.25, -0.2) is 0 Å². The Bertz CT molecular complexity index is 349. The molecule has 1 unspecified atom stereocenters. The number of hydrogen-bond donors (Lipinski definition) is 1. The molecule has 2 nitrogen and oxygen atoms in total. The van der Waals surface area contributed by atoms with Crippen molar-refractivity contribution >= 4 is 11.6 Å². The first kappa shape index (κ1) is 12.1. The third kappa shape index (κ3) is 2.98. The first-order valence-electron chi connectivity index (χ1n) is 4.86. The zero-order chi connectivity index (χ0) is 11.3. The average Bonchev–Trinajstić information content (AvgIpc) is 2.30. The summed E-state index contributed by atoms with van der Waals surface area (Å²) in [6.45, 7) is 2.55. The van der Waals surface area contributed by atoms with Gasteiger partial charge in [-0.05, 0) is 23.3 Å². The normalized spacial score (nSPS) is 13.7. The lowest BCUT2D eigenvalue weighted by molar-refractivity contribution is 0.414. The van der Waals surface area contributed by atoms with Gasteiger partial charge in [-0.3, -0.25) is 0 Å². The summed E-state index contributed by atoms with van der Waals surface area (Å²) in [5.74, 6) is 1.08. The molecule has 0 radical (unpaired) electrons. The number of rotatable bonds is 4. The quantitative estimate of drug-likeness (QED) is 0.855. The molecule has 2 N–H and O–H groups in total. The van der Waals surface area contributed by atoms with Crippen molar-refractivity contribution in [3.63, 3.8) is 0 Å². The Morgan fingerprint density at radius 1 is 1.60 bits per heavy atom. The zero-order valence-electron chi connectivity index (χ0n) is 9.03. The predicted molar refractivity (Wildman–Crippen MR) is 64.4 cm³/mol. The molecule has 82 valence electrons. The molecule has 1 rings (SSSR count). The first-order chi connectivity index (χ1) is 7.22. The van der Waals surface area contributed by atoms with E-state index in [-0.39, 0.29) is 5.92 Å². The van der Waals surface area contributed by atoms with Crippen LogP contribution in [0, 0.1) is 0 Å². The third-order valence-electron chi connectivity index (χ3n) is 2.53. The van der Waals surface area contributed by atoms with E-state index in [9.17, 15) is 0 Å². The largest absolute Gasteiger partial charge is 0.497 e. The van der Waals surface area contributed by atoms with Crippen molar-refractivity contribution in [2.75, 3.05) is 13.7 Å². The van der Waals surface area contributed by atoms with Crippen LogP contribution in [-0.2, 0) is 0 Å². The van der Waals surface area contributed by atoms with Crippen LogP contribution in [0.25, 0.3) is 0 Å². The van der Waals surface area contributed by atoms with Crippen molar-refractivity contribution in [2.45, 2.75) is 12.8 Å². The molecule has 0 fully saturated rings. The van der Waals surface area contributed by atoms with Crippen LogP contribution < -0.4 is 10.5 Å². The maximum absolute atomic E-state index is 5.71. The van der Waals surface area contributed by atoms with Crippen molar-refractivity contribution < 1.29 is 4.74 Å². The van der Waals surface area contributed by atoms with Crippen molar-refractivity contribution in [3.8, 4) is 5.75 Å². The molecular formula is C12H16ClNO. The van der Waals surface area contributed by atoms with Crippen LogP contribution in [0.3, 0.4) is 0 Å². The van der Waals surface area contributed by atoms with E-state index in [1.54, 1.807) is 12.6 Å². The third-order valence-corrected chi connectivity index (χ3v) is 2.81. The predicted octanol–water partition coefficient (Wildman–Crippen LogP) is 2.88. The lowest BCUT2D eigenvalue weighted by Gasteiger charge is -2.14. The van der Waals surface area contributed by atoms with Gasteiger partial charge in [-0.1, -0.05) is 30.7 Å². The van der Waals surface area contributed by atoms with Gasteiger partial charge < -0.3 is 10.5 Å².